The number of benzene rings is 1. The van der Waals surface area contributed by atoms with Gasteiger partial charge in [-0.25, -0.2) is 4.39 Å². The number of hydrogen-bond acceptors (Lipinski definition) is 4. The normalized spacial score (nSPS) is 18.2. The van der Waals surface area contributed by atoms with Crippen LogP contribution in [0.2, 0.25) is 0 Å². The molecule has 6 heteroatoms. The summed E-state index contributed by atoms with van der Waals surface area (Å²) in [6.07, 6.45) is 3.63. The van der Waals surface area contributed by atoms with Gasteiger partial charge in [-0.05, 0) is 26.0 Å². The van der Waals surface area contributed by atoms with Gasteiger partial charge in [-0.1, -0.05) is 6.07 Å². The molecular formula is C17H20FN3O2. The van der Waals surface area contributed by atoms with Gasteiger partial charge in [0.05, 0.1) is 24.1 Å². The van der Waals surface area contributed by atoms with Gasteiger partial charge in [-0.3, -0.25) is 9.48 Å². The van der Waals surface area contributed by atoms with E-state index in [0.717, 1.165) is 12.1 Å². The average Bonchev–Trinajstić information content (AvgIpc) is 3.03. The number of anilines is 1. The fraction of sp³-hybridized carbons (Fsp3) is 0.412. The summed E-state index contributed by atoms with van der Waals surface area (Å²) in [4.78, 5) is 13.8. The lowest BCUT2D eigenvalue weighted by atomic mass is 10.1. The van der Waals surface area contributed by atoms with E-state index in [9.17, 15) is 9.18 Å². The number of aromatic nitrogens is 2. The van der Waals surface area contributed by atoms with Gasteiger partial charge < -0.3 is 9.64 Å². The molecule has 1 aliphatic rings. The monoisotopic (exact) mass is 317 g/mol. The number of nitrogens with zero attached hydrogens (tertiary/aromatic N) is 3. The fourth-order valence-electron chi connectivity index (χ4n) is 2.91. The smallest absolute Gasteiger partial charge is 0.164 e. The number of ether oxygens (including phenoxy) is 1. The SMILES string of the molecule is CCn1cc([C@H]2CN(c3cccc(F)c3C(C)=O)CCO2)cn1. The molecule has 0 radical (unpaired) electrons. The van der Waals surface area contributed by atoms with Crippen molar-refractivity contribution in [3.05, 3.63) is 47.5 Å². The number of hydrogen-bond donors (Lipinski definition) is 0. The van der Waals surface area contributed by atoms with Gasteiger partial charge in [0.2, 0.25) is 0 Å². The summed E-state index contributed by atoms with van der Waals surface area (Å²) in [7, 11) is 0. The molecular weight excluding hydrogens is 297 g/mol. The Morgan fingerprint density at radius 2 is 2.30 bits per heavy atom. The zero-order chi connectivity index (χ0) is 16.4. The molecule has 2 aromatic rings. The topological polar surface area (TPSA) is 47.4 Å². The van der Waals surface area contributed by atoms with E-state index in [1.807, 2.05) is 22.7 Å². The molecule has 3 rings (SSSR count). The Hall–Kier alpha value is -2.21. The molecule has 0 spiro atoms. The van der Waals surface area contributed by atoms with Gasteiger partial charge in [-0.15, -0.1) is 0 Å². The van der Waals surface area contributed by atoms with Gasteiger partial charge in [0, 0.05) is 31.4 Å². The number of halogens is 1. The molecule has 0 saturated carbocycles. The number of Topliss-reactive ketones (excluding diaryl/α,β-unsaturated/α-hetero) is 1. The van der Waals surface area contributed by atoms with E-state index in [1.165, 1.54) is 13.0 Å². The first kappa shape index (κ1) is 15.7. The third-order valence-corrected chi connectivity index (χ3v) is 4.10. The van der Waals surface area contributed by atoms with Crippen molar-refractivity contribution in [2.75, 3.05) is 24.6 Å². The van der Waals surface area contributed by atoms with Gasteiger partial charge in [0.1, 0.15) is 11.9 Å². The van der Waals surface area contributed by atoms with E-state index in [1.54, 1.807) is 18.3 Å². The lowest BCUT2D eigenvalue weighted by Crippen LogP contribution is -2.39. The second kappa shape index (κ2) is 6.50. The van der Waals surface area contributed by atoms with Crippen LogP contribution in [0.1, 0.15) is 35.9 Å². The van der Waals surface area contributed by atoms with E-state index in [0.29, 0.717) is 25.4 Å². The lowest BCUT2D eigenvalue weighted by molar-refractivity contribution is 0.0396. The van der Waals surface area contributed by atoms with Gasteiger partial charge in [-0.2, -0.15) is 5.10 Å². The van der Waals surface area contributed by atoms with Crippen molar-refractivity contribution in [3.63, 3.8) is 0 Å². The molecule has 122 valence electrons. The van der Waals surface area contributed by atoms with Gasteiger partial charge >= 0.3 is 0 Å². The third-order valence-electron chi connectivity index (χ3n) is 4.10. The minimum Gasteiger partial charge on any atom is -0.370 e. The summed E-state index contributed by atoms with van der Waals surface area (Å²) >= 11 is 0. The molecule has 2 heterocycles. The van der Waals surface area contributed by atoms with Gasteiger partial charge in [0.15, 0.2) is 5.78 Å². The Bertz CT molecular complexity index is 714. The van der Waals surface area contributed by atoms with Crippen LogP contribution in [0.5, 0.6) is 0 Å². The predicted octanol–water partition coefficient (Wildman–Crippen LogP) is 2.82. The van der Waals surface area contributed by atoms with Crippen LogP contribution in [0.25, 0.3) is 0 Å². The zero-order valence-electron chi connectivity index (χ0n) is 13.3. The summed E-state index contributed by atoms with van der Waals surface area (Å²) in [5.41, 5.74) is 1.78. The number of morpholine rings is 1. The van der Waals surface area contributed by atoms with Crippen LogP contribution < -0.4 is 4.90 Å². The van der Waals surface area contributed by atoms with Crippen LogP contribution in [-0.2, 0) is 11.3 Å². The molecule has 1 aliphatic heterocycles. The molecule has 0 amide bonds. The first-order chi connectivity index (χ1) is 11.1. The summed E-state index contributed by atoms with van der Waals surface area (Å²) in [5.74, 6) is -0.739. The number of carbonyl (C=O) groups excluding carboxylic acids is 1. The number of rotatable bonds is 4. The predicted molar refractivity (Wildman–Crippen MR) is 85.2 cm³/mol. The largest absolute Gasteiger partial charge is 0.370 e. The lowest BCUT2D eigenvalue weighted by Gasteiger charge is -2.35. The summed E-state index contributed by atoms with van der Waals surface area (Å²) < 4.78 is 21.7. The number of ketones is 1. The Balaban J connectivity index is 1.87. The van der Waals surface area contributed by atoms with E-state index < -0.39 is 5.82 Å². The highest BCUT2D eigenvalue weighted by atomic mass is 19.1. The Morgan fingerprint density at radius 1 is 1.48 bits per heavy atom. The van der Waals surface area contributed by atoms with Crippen LogP contribution in [-0.4, -0.2) is 35.3 Å². The molecule has 1 aromatic heterocycles. The summed E-state index contributed by atoms with van der Waals surface area (Å²) in [5, 5.41) is 4.27. The maximum Gasteiger partial charge on any atom is 0.164 e. The molecule has 1 saturated heterocycles. The average molecular weight is 317 g/mol. The quantitative estimate of drug-likeness (QED) is 0.814. The Kier molecular flexibility index (Phi) is 4.43. The van der Waals surface area contributed by atoms with Crippen LogP contribution >= 0.6 is 0 Å². The number of aryl methyl sites for hydroxylation is 1. The molecule has 0 aliphatic carbocycles. The minimum absolute atomic E-state index is 0.132. The highest BCUT2D eigenvalue weighted by Gasteiger charge is 2.26. The van der Waals surface area contributed by atoms with E-state index in [-0.39, 0.29) is 17.5 Å². The molecule has 0 unspecified atom stereocenters. The van der Waals surface area contributed by atoms with Crippen molar-refractivity contribution in [3.8, 4) is 0 Å². The molecule has 0 N–H and O–H groups in total. The van der Waals surface area contributed by atoms with Gasteiger partial charge in [0.25, 0.3) is 0 Å². The summed E-state index contributed by atoms with van der Waals surface area (Å²) in [6.45, 7) is 5.94. The fourth-order valence-corrected chi connectivity index (χ4v) is 2.91. The second-order valence-corrected chi connectivity index (χ2v) is 5.62. The number of carbonyl (C=O) groups is 1. The molecule has 0 bridgehead atoms. The molecule has 1 atom stereocenters. The van der Waals surface area contributed by atoms with Crippen molar-refractivity contribution in [2.45, 2.75) is 26.5 Å². The molecule has 23 heavy (non-hydrogen) atoms. The van der Waals surface area contributed by atoms with Crippen molar-refractivity contribution >= 4 is 11.5 Å². The van der Waals surface area contributed by atoms with Crippen molar-refractivity contribution in [2.24, 2.45) is 0 Å². The standard InChI is InChI=1S/C17H20FN3O2/c1-3-21-10-13(9-19-21)16-11-20(7-8-23-16)15-6-4-5-14(18)17(15)12(2)22/h4-6,9-10,16H,3,7-8,11H2,1-2H3/t16-/m1/s1. The highest BCUT2D eigenvalue weighted by molar-refractivity contribution is 6.00. The zero-order valence-corrected chi connectivity index (χ0v) is 13.3. The van der Waals surface area contributed by atoms with Crippen LogP contribution in [0, 0.1) is 5.82 Å². The maximum absolute atomic E-state index is 14.0. The van der Waals surface area contributed by atoms with Crippen molar-refractivity contribution < 1.29 is 13.9 Å². The van der Waals surface area contributed by atoms with E-state index in [4.69, 9.17) is 4.74 Å². The molecule has 5 nitrogen and oxygen atoms in total. The highest BCUT2D eigenvalue weighted by Crippen LogP contribution is 2.29. The van der Waals surface area contributed by atoms with Crippen LogP contribution in [0.3, 0.4) is 0 Å². The van der Waals surface area contributed by atoms with Crippen molar-refractivity contribution in [1.29, 1.82) is 0 Å². The van der Waals surface area contributed by atoms with Crippen molar-refractivity contribution in [1.82, 2.24) is 9.78 Å². The minimum atomic E-state index is -0.475. The van der Waals surface area contributed by atoms with E-state index in [2.05, 4.69) is 5.10 Å². The molecule has 1 fully saturated rings. The first-order valence-corrected chi connectivity index (χ1v) is 7.78. The maximum atomic E-state index is 14.0. The first-order valence-electron chi connectivity index (χ1n) is 7.78. The molecule has 1 aromatic carbocycles. The third kappa shape index (κ3) is 3.12. The van der Waals surface area contributed by atoms with Crippen LogP contribution in [0.15, 0.2) is 30.6 Å². The van der Waals surface area contributed by atoms with Crippen LogP contribution in [0.4, 0.5) is 10.1 Å². The van der Waals surface area contributed by atoms with E-state index >= 15 is 0 Å². The Labute approximate surface area is 134 Å². The Morgan fingerprint density at radius 3 is 3.00 bits per heavy atom. The summed E-state index contributed by atoms with van der Waals surface area (Å²) in [6, 6.07) is 4.75. The second-order valence-electron chi connectivity index (χ2n) is 5.62.